The summed E-state index contributed by atoms with van der Waals surface area (Å²) in [5.41, 5.74) is 14.3. The van der Waals surface area contributed by atoms with Crippen molar-refractivity contribution in [1.82, 2.24) is 4.57 Å². The molecular weight excluding hydrogens is 725 g/mol. The fourth-order valence-corrected chi connectivity index (χ4v) is 9.44. The molecule has 1 heterocycles. The minimum atomic E-state index is 1.13. The SMILES string of the molecule is c1ccc(N(c2ccccc2)c2ccc(-c3ccc(-c4cc5ccc6cc(-c7ccc8c(c7)c7ccccc7n8-c7ccccc7)cc7ccc(c4)c5c67)cc3)cc2)cc1. The van der Waals surface area contributed by atoms with Gasteiger partial charge < -0.3 is 9.47 Å². The molecule has 1 aromatic heterocycles. The van der Waals surface area contributed by atoms with Gasteiger partial charge in [-0.1, -0.05) is 140 Å². The second kappa shape index (κ2) is 13.9. The van der Waals surface area contributed by atoms with Crippen molar-refractivity contribution in [3.8, 4) is 39.1 Å². The lowest BCUT2D eigenvalue weighted by molar-refractivity contribution is 1.18. The number of para-hydroxylation sites is 4. The topological polar surface area (TPSA) is 8.17 Å². The average Bonchev–Trinajstić information content (AvgIpc) is 3.65. The highest BCUT2D eigenvalue weighted by molar-refractivity contribution is 6.24. The Morgan fingerprint density at radius 3 is 1.22 bits per heavy atom. The fraction of sp³-hybridized carbons (Fsp3) is 0. The number of hydrogen-bond donors (Lipinski definition) is 0. The maximum Gasteiger partial charge on any atom is 0.0541 e. The van der Waals surface area contributed by atoms with Crippen LogP contribution in [0.1, 0.15) is 0 Å². The van der Waals surface area contributed by atoms with Gasteiger partial charge in [0.05, 0.1) is 11.0 Å². The maximum absolute atomic E-state index is 2.38. The zero-order chi connectivity index (χ0) is 39.6. The molecule has 11 aromatic carbocycles. The smallest absolute Gasteiger partial charge is 0.0541 e. The Morgan fingerprint density at radius 2 is 0.667 bits per heavy atom. The average molecular weight is 763 g/mol. The molecule has 12 aromatic rings. The summed E-state index contributed by atoms with van der Waals surface area (Å²) in [4.78, 5) is 2.30. The molecule has 0 radical (unpaired) electrons. The fourth-order valence-electron chi connectivity index (χ4n) is 9.44. The normalized spacial score (nSPS) is 11.7. The summed E-state index contributed by atoms with van der Waals surface area (Å²) in [6.45, 7) is 0. The van der Waals surface area contributed by atoms with Gasteiger partial charge in [-0.15, -0.1) is 0 Å². The van der Waals surface area contributed by atoms with Gasteiger partial charge in [-0.3, -0.25) is 0 Å². The van der Waals surface area contributed by atoms with Gasteiger partial charge in [-0.25, -0.2) is 0 Å². The van der Waals surface area contributed by atoms with Crippen LogP contribution in [-0.2, 0) is 0 Å². The van der Waals surface area contributed by atoms with Crippen molar-refractivity contribution in [3.63, 3.8) is 0 Å². The van der Waals surface area contributed by atoms with E-state index in [9.17, 15) is 0 Å². The Balaban J connectivity index is 0.864. The van der Waals surface area contributed by atoms with E-state index >= 15 is 0 Å². The second-order valence-electron chi connectivity index (χ2n) is 15.8. The first-order valence-corrected chi connectivity index (χ1v) is 20.7. The Labute approximate surface area is 348 Å². The molecule has 0 N–H and O–H groups in total. The predicted molar refractivity (Wildman–Crippen MR) is 255 cm³/mol. The van der Waals surface area contributed by atoms with Gasteiger partial charge in [0.15, 0.2) is 0 Å². The standard InChI is InChI=1S/C58H38N2/c1-4-12-49(13-5-1)59(50-14-6-2-7-15-50)52-31-28-40(29-32-52)39-20-22-41(23-21-39)47-34-43-24-26-45-36-48(37-46-27-25-44(35-47)57(43)58(45)46)42-30-33-56-54(38-42)53-18-10-11-19-55(53)60(56)51-16-8-3-9-17-51/h1-38H. The van der Waals surface area contributed by atoms with Crippen LogP contribution in [0.15, 0.2) is 231 Å². The van der Waals surface area contributed by atoms with E-state index in [0.717, 1.165) is 17.1 Å². The van der Waals surface area contributed by atoms with Crippen LogP contribution in [0.3, 0.4) is 0 Å². The number of rotatable bonds is 7. The molecule has 0 fully saturated rings. The summed E-state index contributed by atoms with van der Waals surface area (Å²) >= 11 is 0. The van der Waals surface area contributed by atoms with Crippen LogP contribution >= 0.6 is 0 Å². The quantitative estimate of drug-likeness (QED) is 0.147. The molecule has 0 spiro atoms. The van der Waals surface area contributed by atoms with Crippen molar-refractivity contribution in [2.75, 3.05) is 4.90 Å². The Morgan fingerprint density at radius 1 is 0.267 bits per heavy atom. The maximum atomic E-state index is 2.38. The van der Waals surface area contributed by atoms with Crippen molar-refractivity contribution >= 4 is 71.2 Å². The van der Waals surface area contributed by atoms with E-state index in [1.165, 1.54) is 93.2 Å². The van der Waals surface area contributed by atoms with Crippen LogP contribution in [-0.4, -0.2) is 4.57 Å². The van der Waals surface area contributed by atoms with Crippen molar-refractivity contribution in [3.05, 3.63) is 231 Å². The number of benzene rings is 11. The molecule has 0 amide bonds. The summed E-state index contributed by atoms with van der Waals surface area (Å²) in [5.74, 6) is 0. The largest absolute Gasteiger partial charge is 0.311 e. The number of nitrogens with zero attached hydrogens (tertiary/aromatic N) is 2. The first-order chi connectivity index (χ1) is 29.7. The van der Waals surface area contributed by atoms with Gasteiger partial charge in [-0.05, 0) is 157 Å². The molecule has 0 saturated heterocycles. The molecular formula is C58H38N2. The molecule has 0 aliphatic heterocycles. The van der Waals surface area contributed by atoms with Gasteiger partial charge in [-0.2, -0.15) is 0 Å². The first-order valence-electron chi connectivity index (χ1n) is 20.7. The number of hydrogen-bond acceptors (Lipinski definition) is 1. The third-order valence-electron chi connectivity index (χ3n) is 12.3. The minimum Gasteiger partial charge on any atom is -0.311 e. The lowest BCUT2D eigenvalue weighted by Crippen LogP contribution is -2.09. The Kier molecular flexibility index (Phi) is 7.89. The first kappa shape index (κ1) is 34.1. The summed E-state index contributed by atoms with van der Waals surface area (Å²) < 4.78 is 2.38. The van der Waals surface area contributed by atoms with Gasteiger partial charge >= 0.3 is 0 Å². The molecule has 2 heteroatoms. The van der Waals surface area contributed by atoms with Crippen LogP contribution < -0.4 is 4.90 Å². The van der Waals surface area contributed by atoms with Gasteiger partial charge in [0.2, 0.25) is 0 Å². The van der Waals surface area contributed by atoms with Crippen LogP contribution in [0, 0.1) is 0 Å². The minimum absolute atomic E-state index is 1.13. The predicted octanol–water partition coefficient (Wildman–Crippen LogP) is 16.2. The van der Waals surface area contributed by atoms with E-state index in [1.54, 1.807) is 0 Å². The van der Waals surface area contributed by atoms with Crippen LogP contribution in [0.4, 0.5) is 17.1 Å². The van der Waals surface area contributed by atoms with E-state index in [0.29, 0.717) is 0 Å². The van der Waals surface area contributed by atoms with Crippen LogP contribution in [0.5, 0.6) is 0 Å². The summed E-state index contributed by atoms with van der Waals surface area (Å²) in [6.07, 6.45) is 0. The molecule has 0 atom stereocenters. The highest BCUT2D eigenvalue weighted by Crippen LogP contribution is 2.42. The summed E-state index contributed by atoms with van der Waals surface area (Å²) in [6, 6.07) is 84.1. The van der Waals surface area contributed by atoms with E-state index in [1.807, 2.05) is 0 Å². The zero-order valence-corrected chi connectivity index (χ0v) is 32.8. The van der Waals surface area contributed by atoms with Crippen molar-refractivity contribution in [2.24, 2.45) is 0 Å². The van der Waals surface area contributed by atoms with Crippen molar-refractivity contribution < 1.29 is 0 Å². The Bertz CT molecular complexity index is 3390. The second-order valence-corrected chi connectivity index (χ2v) is 15.8. The highest BCUT2D eigenvalue weighted by atomic mass is 15.1. The van der Waals surface area contributed by atoms with Gasteiger partial charge in [0, 0.05) is 33.5 Å². The molecule has 60 heavy (non-hydrogen) atoms. The molecule has 280 valence electrons. The molecule has 0 unspecified atom stereocenters. The van der Waals surface area contributed by atoms with E-state index in [2.05, 4.69) is 240 Å². The van der Waals surface area contributed by atoms with E-state index in [4.69, 9.17) is 0 Å². The molecule has 0 aliphatic rings. The lowest BCUT2D eigenvalue weighted by Gasteiger charge is -2.25. The number of anilines is 3. The molecule has 12 rings (SSSR count). The third-order valence-corrected chi connectivity index (χ3v) is 12.3. The summed E-state index contributed by atoms with van der Waals surface area (Å²) in [7, 11) is 0. The highest BCUT2D eigenvalue weighted by Gasteiger charge is 2.16. The molecule has 0 bridgehead atoms. The van der Waals surface area contributed by atoms with E-state index < -0.39 is 0 Å². The molecule has 0 aliphatic carbocycles. The lowest BCUT2D eigenvalue weighted by atomic mass is 9.89. The number of fused-ring (bicyclic) bond motifs is 3. The zero-order valence-electron chi connectivity index (χ0n) is 32.8. The monoisotopic (exact) mass is 762 g/mol. The third kappa shape index (κ3) is 5.65. The van der Waals surface area contributed by atoms with Crippen LogP contribution in [0.25, 0.3) is 93.2 Å². The van der Waals surface area contributed by atoms with Crippen LogP contribution in [0.2, 0.25) is 0 Å². The van der Waals surface area contributed by atoms with Gasteiger partial charge in [0.1, 0.15) is 0 Å². The number of aromatic nitrogens is 1. The van der Waals surface area contributed by atoms with Crippen molar-refractivity contribution in [1.29, 1.82) is 0 Å². The summed E-state index contributed by atoms with van der Waals surface area (Å²) in [5, 5.41) is 10.3. The van der Waals surface area contributed by atoms with E-state index in [-0.39, 0.29) is 0 Å². The molecule has 2 nitrogen and oxygen atoms in total. The van der Waals surface area contributed by atoms with Crippen molar-refractivity contribution in [2.45, 2.75) is 0 Å². The van der Waals surface area contributed by atoms with Gasteiger partial charge in [0.25, 0.3) is 0 Å². The Hall–Kier alpha value is -7.94. The molecule has 0 saturated carbocycles.